The maximum absolute atomic E-state index is 4.69. The number of hydrogen-bond acceptors (Lipinski definition) is 2. The van der Waals surface area contributed by atoms with Gasteiger partial charge in [-0.1, -0.05) is 18.3 Å². The number of rotatable bonds is 0. The molecule has 0 saturated carbocycles. The lowest BCUT2D eigenvalue weighted by Gasteiger charge is -1.90. The summed E-state index contributed by atoms with van der Waals surface area (Å²) in [5.74, 6) is 0. The van der Waals surface area contributed by atoms with Crippen LogP contribution >= 0.6 is 12.2 Å². The van der Waals surface area contributed by atoms with Crippen molar-refractivity contribution in [3.05, 3.63) is 12.3 Å². The second-order valence-electron chi connectivity index (χ2n) is 1.20. The quantitative estimate of drug-likeness (QED) is 0.437. The molecule has 3 heteroatoms. The third-order valence-corrected chi connectivity index (χ3v) is 0.882. The summed E-state index contributed by atoms with van der Waals surface area (Å²) in [7, 11) is 0. The third kappa shape index (κ3) is 1.16. The van der Waals surface area contributed by atoms with Crippen LogP contribution in [0, 0.1) is 0 Å². The van der Waals surface area contributed by atoms with Gasteiger partial charge < -0.3 is 0 Å². The number of hydrogen-bond donors (Lipinski definition) is 0. The summed E-state index contributed by atoms with van der Waals surface area (Å²) >= 11 is 4.69. The normalized spacial score (nSPS) is 18.0. The summed E-state index contributed by atoms with van der Waals surface area (Å²) in [6.07, 6.45) is 4.31. The van der Waals surface area contributed by atoms with Crippen molar-refractivity contribution in [2.45, 2.75) is 6.42 Å². The first-order chi connectivity index (χ1) is 3.39. The molecular formula is C4H4N2S. The Morgan fingerprint density at radius 1 is 1.71 bits per heavy atom. The molecule has 1 heterocycles. The molecule has 0 fully saturated rings. The molecule has 0 bridgehead atoms. The maximum Gasteiger partial charge on any atom is 0.129 e. The van der Waals surface area contributed by atoms with Crippen LogP contribution < -0.4 is 0 Å². The van der Waals surface area contributed by atoms with Crippen molar-refractivity contribution in [2.75, 3.05) is 0 Å². The highest BCUT2D eigenvalue weighted by Crippen LogP contribution is 1.97. The number of nitrogens with zero attached hydrogens (tertiary/aromatic N) is 2. The minimum Gasteiger partial charge on any atom is -0.158 e. The van der Waals surface area contributed by atoms with Gasteiger partial charge in [0.25, 0.3) is 0 Å². The summed E-state index contributed by atoms with van der Waals surface area (Å²) in [5.41, 5.74) is 0. The second-order valence-corrected chi connectivity index (χ2v) is 1.67. The molecular weight excluding hydrogens is 108 g/mol. The molecule has 0 aromatic heterocycles. The van der Waals surface area contributed by atoms with Crippen LogP contribution in [0.4, 0.5) is 0 Å². The zero-order valence-corrected chi connectivity index (χ0v) is 4.48. The van der Waals surface area contributed by atoms with Crippen molar-refractivity contribution in [3.8, 4) is 0 Å². The molecule has 0 aromatic rings. The van der Waals surface area contributed by atoms with Crippen molar-refractivity contribution in [1.82, 2.24) is 0 Å². The first kappa shape index (κ1) is 4.59. The van der Waals surface area contributed by atoms with E-state index in [1.807, 2.05) is 6.08 Å². The summed E-state index contributed by atoms with van der Waals surface area (Å²) in [6, 6.07) is 0. The molecule has 0 saturated heterocycles. The molecule has 0 aliphatic carbocycles. The minimum absolute atomic E-state index is 0.669. The van der Waals surface area contributed by atoms with E-state index in [0.717, 1.165) is 6.42 Å². The fourth-order valence-corrected chi connectivity index (χ4v) is 0.483. The van der Waals surface area contributed by atoms with E-state index in [-0.39, 0.29) is 0 Å². The van der Waals surface area contributed by atoms with Gasteiger partial charge in [-0.3, -0.25) is 0 Å². The van der Waals surface area contributed by atoms with Crippen LogP contribution in [0.15, 0.2) is 22.5 Å². The topological polar surface area (TPSA) is 24.7 Å². The second kappa shape index (κ2) is 1.93. The number of thiocarbonyl (C=S) groups is 1. The fourth-order valence-electron chi connectivity index (χ4n) is 0.339. The van der Waals surface area contributed by atoms with E-state index in [0.29, 0.717) is 4.99 Å². The average molecular weight is 112 g/mol. The van der Waals surface area contributed by atoms with Gasteiger partial charge in [0.15, 0.2) is 0 Å². The van der Waals surface area contributed by atoms with E-state index in [1.165, 1.54) is 0 Å². The van der Waals surface area contributed by atoms with Crippen LogP contribution in [-0.4, -0.2) is 4.99 Å². The molecule has 1 aliphatic rings. The Labute approximate surface area is 46.9 Å². The Morgan fingerprint density at radius 2 is 2.57 bits per heavy atom. The monoisotopic (exact) mass is 112 g/mol. The smallest absolute Gasteiger partial charge is 0.129 e. The SMILES string of the molecule is S=C1CC=CN=N1. The van der Waals surface area contributed by atoms with E-state index in [4.69, 9.17) is 12.2 Å². The van der Waals surface area contributed by atoms with Crippen LogP contribution in [0.3, 0.4) is 0 Å². The molecule has 2 nitrogen and oxygen atoms in total. The van der Waals surface area contributed by atoms with Gasteiger partial charge in [0, 0.05) is 12.6 Å². The lowest BCUT2D eigenvalue weighted by atomic mass is 10.4. The molecule has 0 unspecified atom stereocenters. The van der Waals surface area contributed by atoms with E-state index in [1.54, 1.807) is 6.20 Å². The maximum atomic E-state index is 4.69. The third-order valence-electron chi connectivity index (χ3n) is 0.634. The standard InChI is InChI=1S/C4H4N2S/c7-4-2-1-3-5-6-4/h1,3H,2H2. The van der Waals surface area contributed by atoms with Gasteiger partial charge >= 0.3 is 0 Å². The Hall–Kier alpha value is -0.570. The van der Waals surface area contributed by atoms with Gasteiger partial charge in [-0.15, -0.1) is 5.11 Å². The Morgan fingerprint density at radius 3 is 2.86 bits per heavy atom. The van der Waals surface area contributed by atoms with Gasteiger partial charge in [0.2, 0.25) is 0 Å². The van der Waals surface area contributed by atoms with Gasteiger partial charge in [0.1, 0.15) is 4.99 Å². The zero-order chi connectivity index (χ0) is 5.11. The van der Waals surface area contributed by atoms with E-state index < -0.39 is 0 Å². The zero-order valence-electron chi connectivity index (χ0n) is 3.66. The highest BCUT2D eigenvalue weighted by molar-refractivity contribution is 7.80. The Bertz CT molecular complexity index is 137. The molecule has 0 spiro atoms. The Kier molecular flexibility index (Phi) is 1.26. The number of azo groups is 1. The summed E-state index contributed by atoms with van der Waals surface area (Å²) in [4.78, 5) is 0.669. The molecule has 0 amide bonds. The van der Waals surface area contributed by atoms with Gasteiger partial charge in [-0.25, -0.2) is 0 Å². The molecule has 1 aliphatic heterocycles. The lowest BCUT2D eigenvalue weighted by molar-refractivity contribution is 1.20. The average Bonchev–Trinajstić information content (AvgIpc) is 1.69. The summed E-state index contributed by atoms with van der Waals surface area (Å²) in [5, 5.41) is 7.16. The van der Waals surface area contributed by atoms with E-state index in [2.05, 4.69) is 10.2 Å². The summed E-state index contributed by atoms with van der Waals surface area (Å²) < 4.78 is 0. The van der Waals surface area contributed by atoms with Crippen LogP contribution in [0.5, 0.6) is 0 Å². The molecule has 0 aromatic carbocycles. The van der Waals surface area contributed by atoms with Crippen molar-refractivity contribution in [3.63, 3.8) is 0 Å². The van der Waals surface area contributed by atoms with Gasteiger partial charge in [0.05, 0.1) is 0 Å². The highest BCUT2D eigenvalue weighted by atomic mass is 32.1. The van der Waals surface area contributed by atoms with Crippen LogP contribution in [0.2, 0.25) is 0 Å². The lowest BCUT2D eigenvalue weighted by Crippen LogP contribution is -1.86. The predicted molar refractivity (Wildman–Crippen MR) is 31.2 cm³/mol. The van der Waals surface area contributed by atoms with Crippen molar-refractivity contribution in [2.24, 2.45) is 10.2 Å². The molecule has 36 valence electrons. The predicted octanol–water partition coefficient (Wildman–Crippen LogP) is 1.68. The minimum atomic E-state index is 0.669. The van der Waals surface area contributed by atoms with E-state index >= 15 is 0 Å². The highest BCUT2D eigenvalue weighted by Gasteiger charge is 1.90. The van der Waals surface area contributed by atoms with Crippen LogP contribution in [0.1, 0.15) is 6.42 Å². The molecule has 7 heavy (non-hydrogen) atoms. The Balaban J connectivity index is 2.66. The van der Waals surface area contributed by atoms with E-state index in [9.17, 15) is 0 Å². The first-order valence-corrected chi connectivity index (χ1v) is 2.39. The van der Waals surface area contributed by atoms with Gasteiger partial charge in [-0.05, 0) is 0 Å². The molecule has 0 radical (unpaired) electrons. The van der Waals surface area contributed by atoms with Crippen molar-refractivity contribution >= 4 is 17.2 Å². The first-order valence-electron chi connectivity index (χ1n) is 1.98. The summed E-state index contributed by atoms with van der Waals surface area (Å²) in [6.45, 7) is 0. The van der Waals surface area contributed by atoms with Crippen molar-refractivity contribution in [1.29, 1.82) is 0 Å². The molecule has 0 N–H and O–H groups in total. The molecule has 0 atom stereocenters. The van der Waals surface area contributed by atoms with Gasteiger partial charge in [-0.2, -0.15) is 5.11 Å². The van der Waals surface area contributed by atoms with Crippen LogP contribution in [0.25, 0.3) is 0 Å². The fraction of sp³-hybridized carbons (Fsp3) is 0.250. The van der Waals surface area contributed by atoms with Crippen LogP contribution in [-0.2, 0) is 0 Å². The molecule has 1 rings (SSSR count). The largest absolute Gasteiger partial charge is 0.158 e. The van der Waals surface area contributed by atoms with Crippen molar-refractivity contribution < 1.29 is 0 Å².